The Bertz CT molecular complexity index is 347. The highest BCUT2D eigenvalue weighted by molar-refractivity contribution is 9.10. The van der Waals surface area contributed by atoms with E-state index in [9.17, 15) is 5.11 Å². The molecule has 1 saturated carbocycles. The average Bonchev–Trinajstić information content (AvgIpc) is 2.91. The van der Waals surface area contributed by atoms with Gasteiger partial charge in [0.25, 0.3) is 0 Å². The van der Waals surface area contributed by atoms with E-state index in [2.05, 4.69) is 22.9 Å². The first kappa shape index (κ1) is 11.1. The predicted molar refractivity (Wildman–Crippen MR) is 64.4 cm³/mol. The first-order valence-electron chi connectivity index (χ1n) is 5.24. The molecule has 1 aliphatic carbocycles. The van der Waals surface area contributed by atoms with Crippen LogP contribution in [0.25, 0.3) is 0 Å². The van der Waals surface area contributed by atoms with Gasteiger partial charge >= 0.3 is 0 Å². The van der Waals surface area contributed by atoms with Gasteiger partial charge in [-0.3, -0.25) is 0 Å². The van der Waals surface area contributed by atoms with Crippen molar-refractivity contribution in [3.05, 3.63) is 34.3 Å². The second-order valence-corrected chi connectivity index (χ2v) is 5.41. The Hall–Kier alpha value is -0.380. The monoisotopic (exact) mass is 269 g/mol. The second-order valence-electron chi connectivity index (χ2n) is 4.50. The molecule has 0 radical (unpaired) electrons. The first-order chi connectivity index (χ1) is 7.10. The van der Waals surface area contributed by atoms with Crippen LogP contribution in [0.5, 0.6) is 0 Å². The topological polar surface area (TPSA) is 46.2 Å². The highest BCUT2D eigenvalue weighted by Crippen LogP contribution is 2.59. The summed E-state index contributed by atoms with van der Waals surface area (Å²) in [7, 11) is 0. The number of benzene rings is 1. The first-order valence-corrected chi connectivity index (χ1v) is 6.03. The van der Waals surface area contributed by atoms with Crippen molar-refractivity contribution in [1.29, 1.82) is 0 Å². The molecule has 0 amide bonds. The van der Waals surface area contributed by atoms with Gasteiger partial charge in [-0.25, -0.2) is 0 Å². The summed E-state index contributed by atoms with van der Waals surface area (Å²) < 4.78 is 1.03. The van der Waals surface area contributed by atoms with Gasteiger partial charge in [0.2, 0.25) is 0 Å². The van der Waals surface area contributed by atoms with Crippen LogP contribution in [0.2, 0.25) is 0 Å². The van der Waals surface area contributed by atoms with Crippen molar-refractivity contribution in [2.45, 2.75) is 19.4 Å². The summed E-state index contributed by atoms with van der Waals surface area (Å²) in [4.78, 5) is 0. The molecule has 2 nitrogen and oxygen atoms in total. The lowest BCUT2D eigenvalue weighted by Gasteiger charge is -2.22. The standard InChI is InChI=1S/C12H16BrNO/c1-8-6-12(8,7-14)11(15)9-2-4-10(13)5-3-9/h2-5,8,11,15H,6-7,14H2,1H3/t8-,11-,12+/m0/s1. The van der Waals surface area contributed by atoms with Crippen LogP contribution in [0.4, 0.5) is 0 Å². The third-order valence-corrected chi connectivity index (χ3v) is 4.15. The fourth-order valence-electron chi connectivity index (χ4n) is 2.27. The molecule has 3 N–H and O–H groups in total. The number of nitrogens with two attached hydrogens (primary N) is 1. The minimum absolute atomic E-state index is 0.0756. The van der Waals surface area contributed by atoms with E-state index < -0.39 is 6.10 Å². The fraction of sp³-hybridized carbons (Fsp3) is 0.500. The molecule has 3 heteroatoms. The Balaban J connectivity index is 2.21. The molecule has 15 heavy (non-hydrogen) atoms. The minimum Gasteiger partial charge on any atom is -0.388 e. The highest BCUT2D eigenvalue weighted by Gasteiger charge is 2.55. The molecule has 0 aromatic heterocycles. The molecular weight excluding hydrogens is 254 g/mol. The lowest BCUT2D eigenvalue weighted by Crippen LogP contribution is -2.25. The number of aliphatic hydroxyl groups is 1. The Labute approximate surface area is 98.6 Å². The van der Waals surface area contributed by atoms with Crippen molar-refractivity contribution >= 4 is 15.9 Å². The Morgan fingerprint density at radius 1 is 1.53 bits per heavy atom. The normalized spacial score (nSPS) is 31.3. The van der Waals surface area contributed by atoms with Gasteiger partial charge in [0.1, 0.15) is 0 Å². The Morgan fingerprint density at radius 2 is 2.07 bits per heavy atom. The summed E-state index contributed by atoms with van der Waals surface area (Å²) in [5, 5.41) is 10.3. The van der Waals surface area contributed by atoms with Crippen LogP contribution >= 0.6 is 15.9 Å². The Morgan fingerprint density at radius 3 is 2.47 bits per heavy atom. The maximum atomic E-state index is 10.3. The summed E-state index contributed by atoms with van der Waals surface area (Å²) in [6.45, 7) is 2.71. The SMILES string of the molecule is C[C@H]1C[C@]1(CN)[C@@H](O)c1ccc(Br)cc1. The smallest absolute Gasteiger partial charge is 0.0860 e. The van der Waals surface area contributed by atoms with E-state index in [0.29, 0.717) is 12.5 Å². The number of halogens is 1. The van der Waals surface area contributed by atoms with Crippen LogP contribution in [0.15, 0.2) is 28.7 Å². The van der Waals surface area contributed by atoms with E-state index in [1.54, 1.807) is 0 Å². The van der Waals surface area contributed by atoms with Gasteiger partial charge in [-0.15, -0.1) is 0 Å². The molecule has 0 bridgehead atoms. The maximum Gasteiger partial charge on any atom is 0.0860 e. The van der Waals surface area contributed by atoms with Crippen LogP contribution in [-0.2, 0) is 0 Å². The van der Waals surface area contributed by atoms with Crippen LogP contribution in [0, 0.1) is 11.3 Å². The number of hydrogen-bond donors (Lipinski definition) is 2. The summed E-state index contributed by atoms with van der Waals surface area (Å²) in [5.41, 5.74) is 6.65. The zero-order chi connectivity index (χ0) is 11.1. The quantitative estimate of drug-likeness (QED) is 0.886. The fourth-order valence-corrected chi connectivity index (χ4v) is 2.53. The number of aliphatic hydroxyl groups excluding tert-OH is 1. The third-order valence-electron chi connectivity index (χ3n) is 3.62. The van der Waals surface area contributed by atoms with Crippen LogP contribution < -0.4 is 5.73 Å². The molecule has 82 valence electrons. The minimum atomic E-state index is -0.425. The third kappa shape index (κ3) is 1.84. The molecular formula is C12H16BrNO. The lowest BCUT2D eigenvalue weighted by atomic mass is 9.91. The van der Waals surface area contributed by atoms with Crippen molar-refractivity contribution in [1.82, 2.24) is 0 Å². The molecule has 1 aromatic rings. The van der Waals surface area contributed by atoms with Gasteiger partial charge in [0.15, 0.2) is 0 Å². The zero-order valence-electron chi connectivity index (χ0n) is 8.78. The lowest BCUT2D eigenvalue weighted by molar-refractivity contribution is 0.0889. The zero-order valence-corrected chi connectivity index (χ0v) is 10.4. The molecule has 3 atom stereocenters. The molecule has 0 spiro atoms. The molecule has 1 aliphatic rings. The molecule has 0 saturated heterocycles. The van der Waals surface area contributed by atoms with E-state index in [1.165, 1.54) is 0 Å². The van der Waals surface area contributed by atoms with E-state index >= 15 is 0 Å². The largest absolute Gasteiger partial charge is 0.388 e. The second kappa shape index (κ2) is 3.89. The van der Waals surface area contributed by atoms with Crippen LogP contribution in [0.3, 0.4) is 0 Å². The molecule has 2 rings (SSSR count). The Kier molecular flexibility index (Phi) is 2.88. The van der Waals surface area contributed by atoms with Gasteiger partial charge in [0, 0.05) is 16.4 Å². The molecule has 0 aliphatic heterocycles. The van der Waals surface area contributed by atoms with Crippen molar-refractivity contribution in [3.8, 4) is 0 Å². The van der Waals surface area contributed by atoms with Crippen molar-refractivity contribution in [3.63, 3.8) is 0 Å². The number of hydrogen-bond acceptors (Lipinski definition) is 2. The molecule has 1 aromatic carbocycles. The van der Waals surface area contributed by atoms with Gasteiger partial charge < -0.3 is 10.8 Å². The molecule has 0 unspecified atom stereocenters. The van der Waals surface area contributed by atoms with Crippen LogP contribution in [-0.4, -0.2) is 11.7 Å². The van der Waals surface area contributed by atoms with Gasteiger partial charge in [-0.05, 0) is 30.0 Å². The average molecular weight is 270 g/mol. The summed E-state index contributed by atoms with van der Waals surface area (Å²) in [6.07, 6.45) is 0.603. The van der Waals surface area contributed by atoms with Crippen LogP contribution in [0.1, 0.15) is 25.0 Å². The van der Waals surface area contributed by atoms with Crippen molar-refractivity contribution in [2.24, 2.45) is 17.1 Å². The maximum absolute atomic E-state index is 10.3. The summed E-state index contributed by atoms with van der Waals surface area (Å²) in [6, 6.07) is 7.82. The van der Waals surface area contributed by atoms with Gasteiger partial charge in [0.05, 0.1) is 6.10 Å². The predicted octanol–water partition coefficient (Wildman–Crippen LogP) is 2.47. The summed E-state index contributed by atoms with van der Waals surface area (Å²) >= 11 is 3.38. The van der Waals surface area contributed by atoms with E-state index in [1.807, 2.05) is 24.3 Å². The van der Waals surface area contributed by atoms with E-state index in [4.69, 9.17) is 5.73 Å². The van der Waals surface area contributed by atoms with Crippen molar-refractivity contribution in [2.75, 3.05) is 6.54 Å². The van der Waals surface area contributed by atoms with Crippen molar-refractivity contribution < 1.29 is 5.11 Å². The molecule has 0 heterocycles. The van der Waals surface area contributed by atoms with Gasteiger partial charge in [-0.2, -0.15) is 0 Å². The number of rotatable bonds is 3. The molecule has 1 fully saturated rings. The van der Waals surface area contributed by atoms with Gasteiger partial charge in [-0.1, -0.05) is 35.0 Å². The highest BCUT2D eigenvalue weighted by atomic mass is 79.9. The van der Waals surface area contributed by atoms with E-state index in [0.717, 1.165) is 16.5 Å². The van der Waals surface area contributed by atoms with E-state index in [-0.39, 0.29) is 5.41 Å². The summed E-state index contributed by atoms with van der Waals surface area (Å²) in [5.74, 6) is 0.529.